The predicted octanol–water partition coefficient (Wildman–Crippen LogP) is 4.03. The van der Waals surface area contributed by atoms with Crippen LogP contribution in [0.4, 0.5) is 0 Å². The van der Waals surface area contributed by atoms with Crippen molar-refractivity contribution < 1.29 is 4.79 Å². The Morgan fingerprint density at radius 1 is 1.10 bits per heavy atom. The van der Waals surface area contributed by atoms with Crippen molar-refractivity contribution in [2.75, 3.05) is 6.54 Å². The molecule has 106 valence electrons. The summed E-state index contributed by atoms with van der Waals surface area (Å²) in [6.45, 7) is 4.92. The lowest BCUT2D eigenvalue weighted by atomic mass is 9.90. The molecule has 1 atom stereocenters. The van der Waals surface area contributed by atoms with Crippen molar-refractivity contribution in [3.05, 3.63) is 48.0 Å². The van der Waals surface area contributed by atoms with E-state index in [1.807, 2.05) is 36.4 Å². The Labute approximate surface area is 121 Å². The maximum atomic E-state index is 12.4. The van der Waals surface area contributed by atoms with Crippen LogP contribution in [-0.4, -0.2) is 12.3 Å². The van der Waals surface area contributed by atoms with Gasteiger partial charge in [0.25, 0.3) is 0 Å². The number of benzene rings is 2. The topological polar surface area (TPSA) is 43.1 Å². The number of carbonyl (C=O) groups excluding carboxylic acids is 1. The molecule has 0 heterocycles. The van der Waals surface area contributed by atoms with E-state index in [1.54, 1.807) is 0 Å². The molecule has 2 rings (SSSR count). The number of rotatable bonds is 6. The van der Waals surface area contributed by atoms with E-state index in [0.717, 1.165) is 17.4 Å². The van der Waals surface area contributed by atoms with Crippen LogP contribution < -0.4 is 5.73 Å². The third-order valence-corrected chi connectivity index (χ3v) is 3.68. The van der Waals surface area contributed by atoms with E-state index in [9.17, 15) is 4.79 Å². The van der Waals surface area contributed by atoms with Gasteiger partial charge in [-0.2, -0.15) is 0 Å². The Balaban J connectivity index is 2.14. The summed E-state index contributed by atoms with van der Waals surface area (Å²) in [6, 6.07) is 14.0. The number of fused-ring (bicyclic) bond motifs is 1. The summed E-state index contributed by atoms with van der Waals surface area (Å²) in [4.78, 5) is 12.4. The van der Waals surface area contributed by atoms with E-state index in [1.165, 1.54) is 5.39 Å². The zero-order valence-corrected chi connectivity index (χ0v) is 12.3. The fourth-order valence-corrected chi connectivity index (χ4v) is 2.67. The molecule has 0 saturated carbocycles. The van der Waals surface area contributed by atoms with Crippen molar-refractivity contribution in [3.8, 4) is 0 Å². The second-order valence-electron chi connectivity index (χ2n) is 5.92. The number of Topliss-reactive ketones (excluding diaryl/α,β-unsaturated/α-hetero) is 1. The predicted molar refractivity (Wildman–Crippen MR) is 84.9 cm³/mol. The van der Waals surface area contributed by atoms with Crippen molar-refractivity contribution in [1.29, 1.82) is 0 Å². The highest BCUT2D eigenvalue weighted by Gasteiger charge is 2.15. The molecule has 0 aliphatic rings. The summed E-state index contributed by atoms with van der Waals surface area (Å²) in [6.07, 6.45) is 1.56. The summed E-state index contributed by atoms with van der Waals surface area (Å²) in [5.74, 6) is 1.06. The third kappa shape index (κ3) is 3.67. The van der Waals surface area contributed by atoms with Crippen molar-refractivity contribution in [3.63, 3.8) is 0 Å². The Morgan fingerprint density at radius 3 is 2.45 bits per heavy atom. The second kappa shape index (κ2) is 6.67. The van der Waals surface area contributed by atoms with Crippen LogP contribution in [0.1, 0.15) is 37.0 Å². The molecule has 0 aliphatic heterocycles. The highest BCUT2D eigenvalue weighted by atomic mass is 16.1. The van der Waals surface area contributed by atoms with Gasteiger partial charge in [0, 0.05) is 12.0 Å². The molecule has 2 heteroatoms. The van der Waals surface area contributed by atoms with Crippen LogP contribution in [0.2, 0.25) is 0 Å². The minimum Gasteiger partial charge on any atom is -0.330 e. The molecule has 0 fully saturated rings. The third-order valence-electron chi connectivity index (χ3n) is 3.68. The maximum Gasteiger partial charge on any atom is 0.163 e. The highest BCUT2D eigenvalue weighted by molar-refractivity contribution is 6.00. The van der Waals surface area contributed by atoms with Crippen molar-refractivity contribution in [2.24, 2.45) is 17.6 Å². The Kier molecular flexibility index (Phi) is 4.91. The smallest absolute Gasteiger partial charge is 0.163 e. The quantitative estimate of drug-likeness (QED) is 0.804. The molecule has 2 aromatic carbocycles. The monoisotopic (exact) mass is 269 g/mol. The van der Waals surface area contributed by atoms with Gasteiger partial charge in [-0.15, -0.1) is 0 Å². The van der Waals surface area contributed by atoms with Gasteiger partial charge in [-0.25, -0.2) is 0 Å². The number of carbonyl (C=O) groups is 1. The summed E-state index contributed by atoms with van der Waals surface area (Å²) in [7, 11) is 0. The largest absolute Gasteiger partial charge is 0.330 e. The van der Waals surface area contributed by atoms with E-state index in [-0.39, 0.29) is 11.7 Å². The molecule has 0 radical (unpaired) electrons. The molecule has 20 heavy (non-hydrogen) atoms. The van der Waals surface area contributed by atoms with E-state index in [4.69, 9.17) is 5.73 Å². The van der Waals surface area contributed by atoms with Crippen LogP contribution in [0.5, 0.6) is 0 Å². The number of hydrogen-bond acceptors (Lipinski definition) is 2. The molecule has 0 spiro atoms. The van der Waals surface area contributed by atoms with Gasteiger partial charge in [-0.1, -0.05) is 50.2 Å². The molecule has 1 unspecified atom stereocenters. The minimum absolute atomic E-state index is 0.201. The van der Waals surface area contributed by atoms with Crippen molar-refractivity contribution >= 4 is 16.6 Å². The Bertz CT molecular complexity index is 589. The molecular weight excluding hydrogens is 246 g/mol. The summed E-state index contributed by atoms with van der Waals surface area (Å²) in [5, 5.41) is 2.29. The van der Waals surface area contributed by atoms with Gasteiger partial charge in [0.15, 0.2) is 5.78 Å². The van der Waals surface area contributed by atoms with E-state index in [0.29, 0.717) is 18.9 Å². The fourth-order valence-electron chi connectivity index (χ4n) is 2.67. The van der Waals surface area contributed by atoms with Gasteiger partial charge >= 0.3 is 0 Å². The maximum absolute atomic E-state index is 12.4. The minimum atomic E-state index is 0.201. The number of hydrogen-bond donors (Lipinski definition) is 1. The molecule has 0 aromatic heterocycles. The number of ketones is 1. The first-order chi connectivity index (χ1) is 9.60. The van der Waals surface area contributed by atoms with Gasteiger partial charge in [0.05, 0.1) is 0 Å². The first-order valence-corrected chi connectivity index (χ1v) is 7.32. The first-order valence-electron chi connectivity index (χ1n) is 7.32. The van der Waals surface area contributed by atoms with E-state index < -0.39 is 0 Å². The van der Waals surface area contributed by atoms with E-state index in [2.05, 4.69) is 19.9 Å². The van der Waals surface area contributed by atoms with Gasteiger partial charge in [-0.05, 0) is 41.6 Å². The molecule has 0 aliphatic carbocycles. The molecule has 2 N–H and O–H groups in total. The van der Waals surface area contributed by atoms with Crippen LogP contribution in [0.15, 0.2) is 42.5 Å². The average Bonchev–Trinajstić information content (AvgIpc) is 2.45. The van der Waals surface area contributed by atoms with Gasteiger partial charge in [0.1, 0.15) is 0 Å². The highest BCUT2D eigenvalue weighted by Crippen LogP contribution is 2.20. The first kappa shape index (κ1) is 14.7. The zero-order valence-electron chi connectivity index (χ0n) is 12.3. The average molecular weight is 269 g/mol. The van der Waals surface area contributed by atoms with Crippen molar-refractivity contribution in [2.45, 2.75) is 26.7 Å². The molecule has 2 aromatic rings. The molecule has 0 saturated heterocycles. The van der Waals surface area contributed by atoms with Crippen molar-refractivity contribution in [1.82, 2.24) is 0 Å². The molecular formula is C18H23NO. The Morgan fingerprint density at radius 2 is 1.80 bits per heavy atom. The van der Waals surface area contributed by atoms with Crippen LogP contribution in [0, 0.1) is 11.8 Å². The molecule has 0 amide bonds. The summed E-state index contributed by atoms with van der Waals surface area (Å²) >= 11 is 0. The van der Waals surface area contributed by atoms with E-state index >= 15 is 0 Å². The van der Waals surface area contributed by atoms with Crippen LogP contribution in [0.3, 0.4) is 0 Å². The summed E-state index contributed by atoms with van der Waals surface area (Å²) < 4.78 is 0. The van der Waals surface area contributed by atoms with Gasteiger partial charge < -0.3 is 5.73 Å². The van der Waals surface area contributed by atoms with Gasteiger partial charge in [-0.3, -0.25) is 4.79 Å². The molecule has 0 bridgehead atoms. The standard InChI is InChI=1S/C18H23NO/c1-13(2)9-14(12-19)10-18(20)17-8-7-15-5-3-4-6-16(15)11-17/h3-8,11,13-14H,9-10,12,19H2,1-2H3. The van der Waals surface area contributed by atoms with Crippen LogP contribution in [-0.2, 0) is 0 Å². The lowest BCUT2D eigenvalue weighted by Crippen LogP contribution is -2.20. The second-order valence-corrected chi connectivity index (χ2v) is 5.92. The lowest BCUT2D eigenvalue weighted by molar-refractivity contribution is 0.0957. The number of nitrogens with two attached hydrogens (primary N) is 1. The van der Waals surface area contributed by atoms with Gasteiger partial charge in [0.2, 0.25) is 0 Å². The normalized spacial score (nSPS) is 12.8. The zero-order chi connectivity index (χ0) is 14.5. The van der Waals surface area contributed by atoms with Crippen LogP contribution >= 0.6 is 0 Å². The fraction of sp³-hybridized carbons (Fsp3) is 0.389. The Hall–Kier alpha value is -1.67. The van der Waals surface area contributed by atoms with Crippen LogP contribution in [0.25, 0.3) is 10.8 Å². The lowest BCUT2D eigenvalue weighted by Gasteiger charge is -2.16. The SMILES string of the molecule is CC(C)CC(CN)CC(=O)c1ccc2ccccc2c1. The molecule has 2 nitrogen and oxygen atoms in total. The summed E-state index contributed by atoms with van der Waals surface area (Å²) in [5.41, 5.74) is 6.58.